The number of methoxy groups -OCH3 is 1. The summed E-state index contributed by atoms with van der Waals surface area (Å²) in [5.41, 5.74) is -0.517. The maximum atomic E-state index is 15.4. The summed E-state index contributed by atoms with van der Waals surface area (Å²) in [6.45, 7) is 3.00. The quantitative estimate of drug-likeness (QED) is 0.316. The summed E-state index contributed by atoms with van der Waals surface area (Å²) in [6.07, 6.45) is 2.53. The van der Waals surface area contributed by atoms with Crippen LogP contribution in [0.4, 0.5) is 8.78 Å². The van der Waals surface area contributed by atoms with Gasteiger partial charge < -0.3 is 24.6 Å². The highest BCUT2D eigenvalue weighted by atomic mass is 35.5. The van der Waals surface area contributed by atoms with Crippen LogP contribution in [0.15, 0.2) is 47.2 Å². The molecule has 0 bridgehead atoms. The number of carbonyl (C=O) groups excluding carboxylic acids is 2. The Kier molecular flexibility index (Phi) is 7.65. The van der Waals surface area contributed by atoms with E-state index < -0.39 is 35.0 Å². The fraction of sp³-hybridized carbons (Fsp3) is 0.259. The maximum Gasteiger partial charge on any atom is 0.316 e. The molecule has 2 aromatic carbocycles. The highest BCUT2D eigenvalue weighted by Gasteiger charge is 2.48. The summed E-state index contributed by atoms with van der Waals surface area (Å²) in [6, 6.07) is 6.10. The van der Waals surface area contributed by atoms with E-state index in [1.54, 1.807) is 19.9 Å². The van der Waals surface area contributed by atoms with Crippen molar-refractivity contribution < 1.29 is 32.4 Å². The molecule has 1 fully saturated rings. The van der Waals surface area contributed by atoms with Crippen molar-refractivity contribution in [2.24, 2.45) is 0 Å². The molecule has 5 rings (SSSR count). The lowest BCUT2D eigenvalue weighted by Crippen LogP contribution is -2.70. The van der Waals surface area contributed by atoms with Gasteiger partial charge in [-0.15, -0.1) is 0 Å². The monoisotopic (exact) mass is 584 g/mol. The molecule has 1 aliphatic rings. The first-order valence-electron chi connectivity index (χ1n) is 12.3. The largest absolute Gasteiger partial charge is 0.467 e. The van der Waals surface area contributed by atoms with Gasteiger partial charge in [0.05, 0.1) is 37.5 Å². The minimum Gasteiger partial charge on any atom is -0.467 e. The number of ether oxygens (including phenoxy) is 2. The van der Waals surface area contributed by atoms with E-state index in [4.69, 9.17) is 25.6 Å². The molecule has 4 aromatic rings. The third-order valence-electron chi connectivity index (χ3n) is 6.49. The maximum absolute atomic E-state index is 15.4. The molecule has 0 saturated carbocycles. The standard InChI is InChI=1S/C27H23ClF2N6O5/c1-13(33-25(38)27(11-40-12-27)35-24(37)16-9-31-26(39-3)32-10-16)18-5-4-15(6-20(18)29)19-7-17(28)8-21(30)22(19)23-34-14(2)41-36-23/h4-10,13H,11-12H2,1-3H3,(H,33,38)(H,35,37). The number of rotatable bonds is 8. The average Bonchev–Trinajstić information content (AvgIpc) is 3.35. The number of nitrogens with one attached hydrogen (secondary N) is 2. The summed E-state index contributed by atoms with van der Waals surface area (Å²) in [4.78, 5) is 37.8. The van der Waals surface area contributed by atoms with Gasteiger partial charge in [0, 0.05) is 29.9 Å². The Labute approximate surface area is 237 Å². The van der Waals surface area contributed by atoms with Gasteiger partial charge in [0.1, 0.15) is 11.6 Å². The second-order valence-corrected chi connectivity index (χ2v) is 9.80. The molecule has 1 atom stereocenters. The van der Waals surface area contributed by atoms with Gasteiger partial charge >= 0.3 is 6.01 Å². The van der Waals surface area contributed by atoms with Crippen molar-refractivity contribution >= 4 is 23.4 Å². The molecule has 0 radical (unpaired) electrons. The van der Waals surface area contributed by atoms with E-state index >= 15 is 4.39 Å². The van der Waals surface area contributed by atoms with Crippen molar-refractivity contribution in [3.8, 4) is 28.5 Å². The Bertz CT molecular complexity index is 1630. The van der Waals surface area contributed by atoms with Crippen LogP contribution in [0.5, 0.6) is 6.01 Å². The lowest BCUT2D eigenvalue weighted by molar-refractivity contribution is -0.147. The van der Waals surface area contributed by atoms with Crippen LogP contribution >= 0.6 is 11.6 Å². The minimum atomic E-state index is -1.36. The Morgan fingerprint density at radius 3 is 2.44 bits per heavy atom. The number of halogens is 3. The number of carbonyl (C=O) groups is 2. The number of aryl methyl sites for hydroxylation is 1. The van der Waals surface area contributed by atoms with Crippen LogP contribution in [0.3, 0.4) is 0 Å². The molecule has 0 aliphatic carbocycles. The molecule has 212 valence electrons. The third kappa shape index (κ3) is 5.58. The number of benzene rings is 2. The summed E-state index contributed by atoms with van der Waals surface area (Å²) >= 11 is 6.10. The first-order valence-corrected chi connectivity index (χ1v) is 12.6. The molecule has 41 heavy (non-hydrogen) atoms. The lowest BCUT2D eigenvalue weighted by atomic mass is 9.93. The molecule has 1 saturated heterocycles. The molecule has 11 nitrogen and oxygen atoms in total. The van der Waals surface area contributed by atoms with Crippen LogP contribution in [-0.4, -0.2) is 57.8 Å². The van der Waals surface area contributed by atoms with E-state index in [1.807, 2.05) is 0 Å². The smallest absolute Gasteiger partial charge is 0.316 e. The van der Waals surface area contributed by atoms with E-state index in [1.165, 1.54) is 37.7 Å². The summed E-state index contributed by atoms with van der Waals surface area (Å²) in [5.74, 6) is -2.29. The van der Waals surface area contributed by atoms with Gasteiger partial charge in [0.15, 0.2) is 5.54 Å². The zero-order valence-corrected chi connectivity index (χ0v) is 22.8. The van der Waals surface area contributed by atoms with Crippen LogP contribution in [0.2, 0.25) is 5.02 Å². The Hall–Kier alpha value is -4.49. The molecule has 2 aromatic heterocycles. The van der Waals surface area contributed by atoms with Crippen molar-refractivity contribution in [1.29, 1.82) is 0 Å². The van der Waals surface area contributed by atoms with Crippen molar-refractivity contribution in [2.45, 2.75) is 25.4 Å². The third-order valence-corrected chi connectivity index (χ3v) is 6.71. The van der Waals surface area contributed by atoms with Crippen LogP contribution < -0.4 is 15.4 Å². The number of hydrogen-bond donors (Lipinski definition) is 2. The minimum absolute atomic E-state index is 0.00433. The SMILES string of the molecule is COc1ncc(C(=O)NC2(C(=O)NC(C)c3ccc(-c4cc(Cl)cc(F)c4-c4noc(C)n4)cc3F)COC2)cn1. The number of aromatic nitrogens is 4. The normalized spacial score (nSPS) is 14.6. The first-order chi connectivity index (χ1) is 19.6. The molecule has 14 heteroatoms. The summed E-state index contributed by atoms with van der Waals surface area (Å²) in [7, 11) is 1.39. The highest BCUT2D eigenvalue weighted by molar-refractivity contribution is 6.31. The van der Waals surface area contributed by atoms with E-state index in [9.17, 15) is 14.0 Å². The zero-order chi connectivity index (χ0) is 29.3. The van der Waals surface area contributed by atoms with E-state index in [0.717, 1.165) is 6.07 Å². The molecule has 3 heterocycles. The van der Waals surface area contributed by atoms with Crippen molar-refractivity contribution in [3.05, 3.63) is 76.4 Å². The van der Waals surface area contributed by atoms with Crippen LogP contribution in [0, 0.1) is 18.6 Å². The van der Waals surface area contributed by atoms with Gasteiger partial charge in [-0.25, -0.2) is 18.7 Å². The second kappa shape index (κ2) is 11.2. The molecule has 2 amide bonds. The summed E-state index contributed by atoms with van der Waals surface area (Å²) < 4.78 is 45.4. The van der Waals surface area contributed by atoms with Crippen LogP contribution in [-0.2, 0) is 9.53 Å². The van der Waals surface area contributed by atoms with E-state index in [0.29, 0.717) is 5.56 Å². The van der Waals surface area contributed by atoms with Gasteiger partial charge in [-0.2, -0.15) is 4.98 Å². The Morgan fingerprint density at radius 1 is 1.12 bits per heavy atom. The average molecular weight is 585 g/mol. The molecule has 1 aliphatic heterocycles. The molecule has 2 N–H and O–H groups in total. The second-order valence-electron chi connectivity index (χ2n) is 9.37. The van der Waals surface area contributed by atoms with E-state index in [2.05, 4.69) is 30.7 Å². The Balaban J connectivity index is 1.35. The fourth-order valence-corrected chi connectivity index (χ4v) is 4.49. The van der Waals surface area contributed by atoms with Crippen LogP contribution in [0.25, 0.3) is 22.5 Å². The predicted molar refractivity (Wildman–Crippen MR) is 141 cm³/mol. The first kappa shape index (κ1) is 28.1. The molecule has 1 unspecified atom stereocenters. The topological polar surface area (TPSA) is 141 Å². The van der Waals surface area contributed by atoms with E-state index in [-0.39, 0.29) is 58.2 Å². The molecular weight excluding hydrogens is 562 g/mol. The van der Waals surface area contributed by atoms with Crippen LogP contribution in [0.1, 0.15) is 34.8 Å². The number of nitrogens with zero attached hydrogens (tertiary/aromatic N) is 4. The van der Waals surface area contributed by atoms with Gasteiger partial charge in [0.25, 0.3) is 11.8 Å². The van der Waals surface area contributed by atoms with Crippen molar-refractivity contribution in [3.63, 3.8) is 0 Å². The Morgan fingerprint density at radius 2 is 1.85 bits per heavy atom. The summed E-state index contributed by atoms with van der Waals surface area (Å²) in [5, 5.41) is 9.28. The van der Waals surface area contributed by atoms with Gasteiger partial charge in [-0.3, -0.25) is 9.59 Å². The molecular formula is C27H23ClF2N6O5. The van der Waals surface area contributed by atoms with Gasteiger partial charge in [-0.05, 0) is 36.2 Å². The number of amides is 2. The van der Waals surface area contributed by atoms with Gasteiger partial charge in [0.2, 0.25) is 11.7 Å². The van der Waals surface area contributed by atoms with Crippen molar-refractivity contribution in [1.82, 2.24) is 30.7 Å². The van der Waals surface area contributed by atoms with Crippen molar-refractivity contribution in [2.75, 3.05) is 20.3 Å². The lowest BCUT2D eigenvalue weighted by Gasteiger charge is -2.40. The highest BCUT2D eigenvalue weighted by Crippen LogP contribution is 2.36. The van der Waals surface area contributed by atoms with Gasteiger partial charge in [-0.1, -0.05) is 28.9 Å². The molecule has 0 spiro atoms. The predicted octanol–water partition coefficient (Wildman–Crippen LogP) is 3.82. The fourth-order valence-electron chi connectivity index (χ4n) is 4.28. The number of hydrogen-bond acceptors (Lipinski definition) is 9. The zero-order valence-electron chi connectivity index (χ0n) is 22.0.